The second-order valence-corrected chi connectivity index (χ2v) is 5.82. The van der Waals surface area contributed by atoms with Gasteiger partial charge in [0.05, 0.1) is 13.2 Å². The van der Waals surface area contributed by atoms with E-state index in [1.807, 2.05) is 11.3 Å². The van der Waals surface area contributed by atoms with Gasteiger partial charge in [-0.15, -0.1) is 11.3 Å². The van der Waals surface area contributed by atoms with Gasteiger partial charge in [0.1, 0.15) is 0 Å². The van der Waals surface area contributed by atoms with Crippen LogP contribution in [0.15, 0.2) is 17.5 Å². The van der Waals surface area contributed by atoms with Crippen molar-refractivity contribution in [2.75, 3.05) is 18.5 Å². The lowest BCUT2D eigenvalue weighted by Gasteiger charge is -2.29. The third-order valence-corrected chi connectivity index (χ3v) is 5.39. The molecule has 1 heterocycles. The van der Waals surface area contributed by atoms with Gasteiger partial charge in [-0.05, 0) is 24.3 Å². The van der Waals surface area contributed by atoms with Crippen molar-refractivity contribution in [3.63, 3.8) is 0 Å². The van der Waals surface area contributed by atoms with Crippen LogP contribution in [-0.4, -0.2) is 18.5 Å². The van der Waals surface area contributed by atoms with Gasteiger partial charge in [0.15, 0.2) is 0 Å². The minimum atomic E-state index is 0.329. The molecule has 0 aromatic carbocycles. The van der Waals surface area contributed by atoms with E-state index in [1.165, 1.54) is 17.7 Å². The molecule has 0 unspecified atom stereocenters. The highest BCUT2D eigenvalue weighted by molar-refractivity contribution is 9.09. The minimum Gasteiger partial charge on any atom is -0.380 e. The molecule has 0 aliphatic heterocycles. The summed E-state index contributed by atoms with van der Waals surface area (Å²) in [5.41, 5.74) is 0.329. The number of halogens is 1. The van der Waals surface area contributed by atoms with Crippen molar-refractivity contribution in [2.24, 2.45) is 5.41 Å². The Labute approximate surface area is 111 Å². The first-order chi connectivity index (χ1) is 7.76. The standard InChI is InChI=1S/C13H21BrOS/c1-3-13(4-2,10-14)11-15-8-7-12-6-5-9-16-12/h5-6,9H,3-4,7-8,10-11H2,1-2H3. The zero-order valence-corrected chi connectivity index (χ0v) is 12.6. The normalized spacial score (nSPS) is 11.9. The van der Waals surface area contributed by atoms with E-state index in [0.717, 1.165) is 25.0 Å². The van der Waals surface area contributed by atoms with Crippen molar-refractivity contribution < 1.29 is 4.74 Å². The van der Waals surface area contributed by atoms with Crippen molar-refractivity contribution in [3.05, 3.63) is 22.4 Å². The van der Waals surface area contributed by atoms with Crippen molar-refractivity contribution >= 4 is 27.3 Å². The highest BCUT2D eigenvalue weighted by Crippen LogP contribution is 2.29. The van der Waals surface area contributed by atoms with E-state index in [0.29, 0.717) is 5.41 Å². The summed E-state index contributed by atoms with van der Waals surface area (Å²) in [5, 5.41) is 3.15. The van der Waals surface area contributed by atoms with Crippen molar-refractivity contribution in [1.82, 2.24) is 0 Å². The molecule has 0 radical (unpaired) electrons. The van der Waals surface area contributed by atoms with E-state index >= 15 is 0 Å². The van der Waals surface area contributed by atoms with E-state index in [4.69, 9.17) is 4.74 Å². The quantitative estimate of drug-likeness (QED) is 0.507. The molecule has 0 amide bonds. The number of ether oxygens (including phenoxy) is 1. The van der Waals surface area contributed by atoms with Gasteiger partial charge in [-0.25, -0.2) is 0 Å². The summed E-state index contributed by atoms with van der Waals surface area (Å²) < 4.78 is 5.82. The first-order valence-corrected chi connectivity index (χ1v) is 7.92. The highest BCUT2D eigenvalue weighted by Gasteiger charge is 2.24. The molecular formula is C13H21BrOS. The molecule has 0 saturated heterocycles. The van der Waals surface area contributed by atoms with Crippen LogP contribution in [0.4, 0.5) is 0 Å². The second-order valence-electron chi connectivity index (χ2n) is 4.22. The van der Waals surface area contributed by atoms with Crippen LogP contribution in [0.5, 0.6) is 0 Å². The zero-order valence-electron chi connectivity index (χ0n) is 10.2. The Morgan fingerprint density at radius 3 is 2.62 bits per heavy atom. The van der Waals surface area contributed by atoms with Gasteiger partial charge < -0.3 is 4.74 Å². The fourth-order valence-corrected chi connectivity index (χ4v) is 3.24. The average molecular weight is 305 g/mol. The van der Waals surface area contributed by atoms with Gasteiger partial charge in [-0.2, -0.15) is 0 Å². The van der Waals surface area contributed by atoms with E-state index < -0.39 is 0 Å². The molecule has 1 aromatic rings. The third kappa shape index (κ3) is 4.19. The Bertz CT molecular complexity index is 259. The van der Waals surface area contributed by atoms with Crippen LogP contribution in [-0.2, 0) is 11.2 Å². The fraction of sp³-hybridized carbons (Fsp3) is 0.692. The molecule has 1 aromatic heterocycles. The van der Waals surface area contributed by atoms with E-state index in [2.05, 4.69) is 47.3 Å². The zero-order chi connectivity index (χ0) is 11.9. The highest BCUT2D eigenvalue weighted by atomic mass is 79.9. The SMILES string of the molecule is CCC(CC)(CBr)COCCc1cccs1. The summed E-state index contributed by atoms with van der Waals surface area (Å²) in [4.78, 5) is 1.41. The summed E-state index contributed by atoms with van der Waals surface area (Å²) in [5.74, 6) is 0. The fourth-order valence-electron chi connectivity index (χ4n) is 1.60. The van der Waals surface area contributed by atoms with Crippen LogP contribution in [0.2, 0.25) is 0 Å². The Hall–Kier alpha value is 0.140. The number of hydrogen-bond acceptors (Lipinski definition) is 2. The van der Waals surface area contributed by atoms with Gasteiger partial charge >= 0.3 is 0 Å². The van der Waals surface area contributed by atoms with Gasteiger partial charge in [-0.1, -0.05) is 35.8 Å². The molecule has 0 aliphatic carbocycles. The molecule has 92 valence electrons. The Morgan fingerprint density at radius 2 is 2.12 bits per heavy atom. The summed E-state index contributed by atoms with van der Waals surface area (Å²) >= 11 is 5.42. The monoisotopic (exact) mass is 304 g/mol. The van der Waals surface area contributed by atoms with Crippen molar-refractivity contribution in [3.8, 4) is 0 Å². The Kier molecular flexibility index (Phi) is 6.62. The molecule has 0 spiro atoms. The maximum atomic E-state index is 5.82. The molecule has 0 fully saturated rings. The minimum absolute atomic E-state index is 0.329. The van der Waals surface area contributed by atoms with Crippen LogP contribution >= 0.6 is 27.3 Å². The molecule has 0 bridgehead atoms. The van der Waals surface area contributed by atoms with E-state index in [1.54, 1.807) is 0 Å². The summed E-state index contributed by atoms with van der Waals surface area (Å²) in [6, 6.07) is 4.27. The second kappa shape index (κ2) is 7.46. The Morgan fingerprint density at radius 1 is 1.38 bits per heavy atom. The predicted molar refractivity (Wildman–Crippen MR) is 75.7 cm³/mol. The lowest BCUT2D eigenvalue weighted by Crippen LogP contribution is -2.27. The van der Waals surface area contributed by atoms with Crippen LogP contribution in [0.3, 0.4) is 0 Å². The lowest BCUT2D eigenvalue weighted by molar-refractivity contribution is 0.0537. The summed E-state index contributed by atoms with van der Waals surface area (Å²) in [6.07, 6.45) is 3.39. The molecule has 3 heteroatoms. The molecule has 0 atom stereocenters. The smallest absolute Gasteiger partial charge is 0.0530 e. The maximum absolute atomic E-state index is 5.82. The maximum Gasteiger partial charge on any atom is 0.0530 e. The first-order valence-electron chi connectivity index (χ1n) is 5.92. The number of alkyl halides is 1. The Balaban J connectivity index is 2.23. The first kappa shape index (κ1) is 14.2. The molecule has 1 rings (SSSR count). The summed E-state index contributed by atoms with van der Waals surface area (Å²) in [6.45, 7) is 6.20. The number of rotatable bonds is 8. The molecule has 0 saturated carbocycles. The molecule has 1 nitrogen and oxygen atoms in total. The molecule has 0 aliphatic rings. The van der Waals surface area contributed by atoms with E-state index in [9.17, 15) is 0 Å². The molecular weight excluding hydrogens is 284 g/mol. The van der Waals surface area contributed by atoms with Crippen molar-refractivity contribution in [1.29, 1.82) is 0 Å². The van der Waals surface area contributed by atoms with Gasteiger partial charge in [0, 0.05) is 22.0 Å². The molecule has 16 heavy (non-hydrogen) atoms. The number of thiophene rings is 1. The third-order valence-electron chi connectivity index (χ3n) is 3.26. The van der Waals surface area contributed by atoms with Gasteiger partial charge in [0.25, 0.3) is 0 Å². The summed E-state index contributed by atoms with van der Waals surface area (Å²) in [7, 11) is 0. The average Bonchev–Trinajstić information content (AvgIpc) is 2.83. The molecule has 0 N–H and O–H groups in total. The lowest BCUT2D eigenvalue weighted by atomic mass is 9.86. The van der Waals surface area contributed by atoms with Gasteiger partial charge in [-0.3, -0.25) is 0 Å². The number of hydrogen-bond donors (Lipinski definition) is 0. The van der Waals surface area contributed by atoms with Crippen LogP contribution in [0, 0.1) is 5.41 Å². The van der Waals surface area contributed by atoms with Crippen molar-refractivity contribution in [2.45, 2.75) is 33.1 Å². The van der Waals surface area contributed by atoms with Crippen LogP contribution in [0.1, 0.15) is 31.6 Å². The van der Waals surface area contributed by atoms with E-state index in [-0.39, 0.29) is 0 Å². The van der Waals surface area contributed by atoms with Crippen LogP contribution in [0.25, 0.3) is 0 Å². The van der Waals surface area contributed by atoms with Gasteiger partial charge in [0.2, 0.25) is 0 Å². The topological polar surface area (TPSA) is 9.23 Å². The predicted octanol–water partition coefficient (Wildman–Crippen LogP) is 4.51. The largest absolute Gasteiger partial charge is 0.380 e. The van der Waals surface area contributed by atoms with Crippen LogP contribution < -0.4 is 0 Å².